The molecule has 6 heteroatoms. The van der Waals surface area contributed by atoms with Gasteiger partial charge in [-0.25, -0.2) is 0 Å². The van der Waals surface area contributed by atoms with E-state index in [0.717, 1.165) is 19.6 Å². The second-order valence-corrected chi connectivity index (χ2v) is 4.68. The lowest BCUT2D eigenvalue weighted by Crippen LogP contribution is -2.51. The maximum Gasteiger partial charge on any atom is 0.254 e. The molecule has 5 nitrogen and oxygen atoms in total. The molecule has 1 aromatic carbocycles. The van der Waals surface area contributed by atoms with Gasteiger partial charge in [-0.2, -0.15) is 0 Å². The van der Waals surface area contributed by atoms with E-state index in [1.807, 2.05) is 4.90 Å². The summed E-state index contributed by atoms with van der Waals surface area (Å²) in [5, 5.41) is 3.32. The summed E-state index contributed by atoms with van der Waals surface area (Å²) in [6.07, 6.45) is 0. The molecule has 0 bridgehead atoms. The molecular formula is C14H21ClN2O3. The summed E-state index contributed by atoms with van der Waals surface area (Å²) in [5.74, 6) is 1.25. The van der Waals surface area contributed by atoms with Crippen molar-refractivity contribution in [2.75, 3.05) is 33.9 Å². The molecule has 1 N–H and O–H groups in total. The topological polar surface area (TPSA) is 50.8 Å². The summed E-state index contributed by atoms with van der Waals surface area (Å²) in [6, 6.07) is 5.60. The number of carbonyl (C=O) groups excluding carboxylic acids is 1. The van der Waals surface area contributed by atoms with E-state index in [2.05, 4.69) is 12.2 Å². The largest absolute Gasteiger partial charge is 0.493 e. The van der Waals surface area contributed by atoms with Crippen LogP contribution >= 0.6 is 12.4 Å². The lowest BCUT2D eigenvalue weighted by Gasteiger charge is -2.32. The maximum absolute atomic E-state index is 12.4. The monoisotopic (exact) mass is 300 g/mol. The van der Waals surface area contributed by atoms with Gasteiger partial charge in [-0.1, -0.05) is 0 Å². The van der Waals surface area contributed by atoms with Gasteiger partial charge in [-0.3, -0.25) is 4.79 Å². The highest BCUT2D eigenvalue weighted by Gasteiger charge is 2.22. The van der Waals surface area contributed by atoms with Crippen LogP contribution in [0, 0.1) is 0 Å². The molecule has 20 heavy (non-hydrogen) atoms. The third-order valence-electron chi connectivity index (χ3n) is 3.29. The van der Waals surface area contributed by atoms with E-state index in [4.69, 9.17) is 9.47 Å². The fourth-order valence-corrected chi connectivity index (χ4v) is 2.27. The molecule has 1 atom stereocenters. The minimum absolute atomic E-state index is 0. The number of methoxy groups -OCH3 is 2. The van der Waals surface area contributed by atoms with Gasteiger partial charge in [0.25, 0.3) is 5.91 Å². The zero-order valence-electron chi connectivity index (χ0n) is 12.0. The van der Waals surface area contributed by atoms with Gasteiger partial charge in [0.15, 0.2) is 11.5 Å². The summed E-state index contributed by atoms with van der Waals surface area (Å²) >= 11 is 0. The second kappa shape index (κ2) is 7.36. The van der Waals surface area contributed by atoms with Crippen LogP contribution in [-0.4, -0.2) is 50.7 Å². The number of hydrogen-bond donors (Lipinski definition) is 1. The van der Waals surface area contributed by atoms with Crippen LogP contribution in [0.5, 0.6) is 11.5 Å². The minimum atomic E-state index is 0. The quantitative estimate of drug-likeness (QED) is 0.920. The van der Waals surface area contributed by atoms with Gasteiger partial charge in [0, 0.05) is 31.2 Å². The predicted molar refractivity (Wildman–Crippen MR) is 80.2 cm³/mol. The molecule has 1 fully saturated rings. The van der Waals surface area contributed by atoms with E-state index >= 15 is 0 Å². The molecule has 1 saturated heterocycles. The minimum Gasteiger partial charge on any atom is -0.493 e. The first-order valence-electron chi connectivity index (χ1n) is 6.40. The SMILES string of the molecule is COc1ccc(C(=O)N2CCN[C@H](C)C2)cc1OC.Cl. The number of nitrogens with one attached hydrogen (secondary N) is 1. The van der Waals surface area contributed by atoms with Gasteiger partial charge in [0.05, 0.1) is 14.2 Å². The van der Waals surface area contributed by atoms with Crippen molar-refractivity contribution in [2.24, 2.45) is 0 Å². The number of ether oxygens (including phenoxy) is 2. The average molecular weight is 301 g/mol. The number of piperazine rings is 1. The molecule has 0 aliphatic carbocycles. The third-order valence-corrected chi connectivity index (χ3v) is 3.29. The van der Waals surface area contributed by atoms with E-state index in [-0.39, 0.29) is 18.3 Å². The van der Waals surface area contributed by atoms with E-state index in [1.165, 1.54) is 0 Å². The Morgan fingerprint density at radius 3 is 2.60 bits per heavy atom. The number of nitrogens with zero attached hydrogens (tertiary/aromatic N) is 1. The Labute approximate surface area is 125 Å². The first-order chi connectivity index (χ1) is 9.15. The average Bonchev–Trinajstić information content (AvgIpc) is 2.45. The van der Waals surface area contributed by atoms with Crippen molar-refractivity contribution in [3.05, 3.63) is 23.8 Å². The van der Waals surface area contributed by atoms with Crippen LogP contribution in [0.1, 0.15) is 17.3 Å². The Morgan fingerprint density at radius 2 is 2.00 bits per heavy atom. The third kappa shape index (κ3) is 3.55. The molecule has 0 aromatic heterocycles. The van der Waals surface area contributed by atoms with E-state index in [9.17, 15) is 4.79 Å². The molecular weight excluding hydrogens is 280 g/mol. The molecule has 1 aromatic rings. The highest BCUT2D eigenvalue weighted by atomic mass is 35.5. The van der Waals surface area contributed by atoms with Crippen molar-refractivity contribution in [3.63, 3.8) is 0 Å². The zero-order valence-corrected chi connectivity index (χ0v) is 12.8. The molecule has 2 rings (SSSR count). The number of halogens is 1. The second-order valence-electron chi connectivity index (χ2n) is 4.68. The molecule has 1 aliphatic heterocycles. The van der Waals surface area contributed by atoms with Gasteiger partial charge in [0.1, 0.15) is 0 Å². The van der Waals surface area contributed by atoms with Crippen molar-refractivity contribution in [1.29, 1.82) is 0 Å². The van der Waals surface area contributed by atoms with Crippen molar-refractivity contribution in [1.82, 2.24) is 10.2 Å². The van der Waals surface area contributed by atoms with Crippen molar-refractivity contribution >= 4 is 18.3 Å². The van der Waals surface area contributed by atoms with Crippen molar-refractivity contribution < 1.29 is 14.3 Å². The standard InChI is InChI=1S/C14H20N2O3.ClH/c1-10-9-16(7-6-15-10)14(17)11-4-5-12(18-2)13(8-11)19-3;/h4-5,8,10,15H,6-7,9H2,1-3H3;1H/t10-;/m1./s1. The Bertz CT molecular complexity index is 468. The summed E-state index contributed by atoms with van der Waals surface area (Å²) in [4.78, 5) is 14.3. The Hall–Kier alpha value is -1.46. The normalized spacial score (nSPS) is 18.1. The lowest BCUT2D eigenvalue weighted by molar-refractivity contribution is 0.0708. The van der Waals surface area contributed by atoms with Crippen LogP contribution in [0.3, 0.4) is 0 Å². The Balaban J connectivity index is 0.00000200. The molecule has 0 saturated carbocycles. The number of benzene rings is 1. The van der Waals surface area contributed by atoms with E-state index < -0.39 is 0 Å². The molecule has 0 radical (unpaired) electrons. The smallest absolute Gasteiger partial charge is 0.254 e. The number of hydrogen-bond acceptors (Lipinski definition) is 4. The van der Waals surface area contributed by atoms with Crippen LogP contribution in [0.25, 0.3) is 0 Å². The molecule has 1 heterocycles. The van der Waals surface area contributed by atoms with E-state index in [1.54, 1.807) is 32.4 Å². The number of rotatable bonds is 3. The van der Waals surface area contributed by atoms with Crippen molar-refractivity contribution in [3.8, 4) is 11.5 Å². The Kier molecular flexibility index (Phi) is 6.10. The van der Waals surface area contributed by atoms with Gasteiger partial charge in [-0.05, 0) is 25.1 Å². The van der Waals surface area contributed by atoms with Gasteiger partial charge in [0.2, 0.25) is 0 Å². The maximum atomic E-state index is 12.4. The highest BCUT2D eigenvalue weighted by molar-refractivity contribution is 5.95. The van der Waals surface area contributed by atoms with Gasteiger partial charge < -0.3 is 19.7 Å². The zero-order chi connectivity index (χ0) is 13.8. The van der Waals surface area contributed by atoms with Crippen LogP contribution in [0.2, 0.25) is 0 Å². The first kappa shape index (κ1) is 16.6. The number of amides is 1. The Morgan fingerprint density at radius 1 is 1.30 bits per heavy atom. The van der Waals surface area contributed by atoms with Crippen molar-refractivity contribution in [2.45, 2.75) is 13.0 Å². The van der Waals surface area contributed by atoms with Gasteiger partial charge >= 0.3 is 0 Å². The fraction of sp³-hybridized carbons (Fsp3) is 0.500. The molecule has 1 aliphatic rings. The summed E-state index contributed by atoms with van der Waals surface area (Å²) in [7, 11) is 3.15. The molecule has 1 amide bonds. The van der Waals surface area contributed by atoms with E-state index in [0.29, 0.717) is 23.1 Å². The lowest BCUT2D eigenvalue weighted by atomic mass is 10.1. The summed E-state index contributed by atoms with van der Waals surface area (Å²) in [6.45, 7) is 4.37. The molecule has 0 unspecified atom stereocenters. The summed E-state index contributed by atoms with van der Waals surface area (Å²) < 4.78 is 10.4. The van der Waals surface area contributed by atoms with Gasteiger partial charge in [-0.15, -0.1) is 12.4 Å². The predicted octanol–water partition coefficient (Wildman–Crippen LogP) is 1.56. The highest BCUT2D eigenvalue weighted by Crippen LogP contribution is 2.28. The molecule has 112 valence electrons. The van der Waals surface area contributed by atoms with Crippen LogP contribution < -0.4 is 14.8 Å². The fourth-order valence-electron chi connectivity index (χ4n) is 2.27. The molecule has 0 spiro atoms. The van der Waals surface area contributed by atoms with Crippen LogP contribution in [0.15, 0.2) is 18.2 Å². The summed E-state index contributed by atoms with van der Waals surface area (Å²) in [5.41, 5.74) is 0.631. The van der Waals surface area contributed by atoms with Crippen LogP contribution in [-0.2, 0) is 0 Å². The first-order valence-corrected chi connectivity index (χ1v) is 6.40. The number of carbonyl (C=O) groups is 1. The van der Waals surface area contributed by atoms with Crippen LogP contribution in [0.4, 0.5) is 0 Å².